The Morgan fingerprint density at radius 3 is 2.11 bits per heavy atom. The SMILES string of the molecule is C[C@@]1(C(=O)NCC2(N)C3CC4CC(C3)CC2C4)CN(S(=O)(=O)c2ccc(-n3c(O)ccc3O)nc2)CCO1.O=C(O)C(F)(F)F. The molecule has 1 amide bonds. The quantitative estimate of drug-likeness (QED) is 0.306. The number of aliphatic carboxylic acids is 1. The van der Waals surface area contributed by atoms with E-state index < -0.39 is 33.3 Å². The minimum Gasteiger partial charge on any atom is -0.494 e. The number of rotatable bonds is 6. The molecule has 7 rings (SSSR count). The molecule has 0 spiro atoms. The second-order valence-corrected chi connectivity index (χ2v) is 14.5. The predicted octanol–water partition coefficient (Wildman–Crippen LogP) is 1.97. The Balaban J connectivity index is 0.000000515. The Bertz CT molecular complexity index is 1500. The van der Waals surface area contributed by atoms with E-state index in [4.69, 9.17) is 20.4 Å². The minimum absolute atomic E-state index is 0.0634. The molecule has 2 aromatic heterocycles. The van der Waals surface area contributed by atoms with Crippen LogP contribution in [0.15, 0.2) is 35.4 Å². The number of carbonyl (C=O) groups is 2. The van der Waals surface area contributed by atoms with Crippen molar-refractivity contribution in [3.63, 3.8) is 0 Å². The molecule has 45 heavy (non-hydrogen) atoms. The molecule has 4 aliphatic carbocycles. The maximum absolute atomic E-state index is 13.4. The zero-order valence-corrected chi connectivity index (χ0v) is 25.2. The normalized spacial score (nSPS) is 31.2. The van der Waals surface area contributed by atoms with Gasteiger partial charge in [-0.1, -0.05) is 0 Å². The van der Waals surface area contributed by atoms with Crippen molar-refractivity contribution < 1.29 is 51.2 Å². The van der Waals surface area contributed by atoms with Crippen molar-refractivity contribution in [1.82, 2.24) is 19.2 Å². The van der Waals surface area contributed by atoms with E-state index in [1.54, 1.807) is 6.92 Å². The van der Waals surface area contributed by atoms with Crippen LogP contribution in [0, 0.1) is 23.7 Å². The van der Waals surface area contributed by atoms with Gasteiger partial charge in [0.2, 0.25) is 10.0 Å². The van der Waals surface area contributed by atoms with Gasteiger partial charge in [0.05, 0.1) is 13.2 Å². The number of carbonyl (C=O) groups excluding carboxylic acids is 1. The van der Waals surface area contributed by atoms with Gasteiger partial charge in [-0.2, -0.15) is 17.5 Å². The first-order chi connectivity index (χ1) is 20.9. The molecule has 3 heterocycles. The molecule has 17 heteroatoms. The van der Waals surface area contributed by atoms with E-state index >= 15 is 0 Å². The molecule has 6 N–H and O–H groups in total. The van der Waals surface area contributed by atoms with Crippen molar-refractivity contribution in [2.45, 2.75) is 61.2 Å². The number of carboxylic acids is 1. The fourth-order valence-electron chi connectivity index (χ4n) is 7.40. The number of hydrogen-bond donors (Lipinski definition) is 5. The van der Waals surface area contributed by atoms with Gasteiger partial charge in [-0.25, -0.2) is 22.8 Å². The summed E-state index contributed by atoms with van der Waals surface area (Å²) in [4.78, 5) is 26.3. The van der Waals surface area contributed by atoms with Gasteiger partial charge < -0.3 is 31.1 Å². The molecule has 248 valence electrons. The lowest BCUT2D eigenvalue weighted by molar-refractivity contribution is -0.192. The van der Waals surface area contributed by atoms with Gasteiger partial charge in [0, 0.05) is 37.0 Å². The summed E-state index contributed by atoms with van der Waals surface area (Å²) in [6, 6.07) is 5.35. The van der Waals surface area contributed by atoms with Gasteiger partial charge in [-0.05, 0) is 74.8 Å². The first-order valence-electron chi connectivity index (χ1n) is 14.5. The maximum atomic E-state index is 13.4. The summed E-state index contributed by atoms with van der Waals surface area (Å²) in [6.07, 6.45) is 1.94. The van der Waals surface area contributed by atoms with Crippen LogP contribution >= 0.6 is 0 Å². The van der Waals surface area contributed by atoms with Crippen LogP contribution in [-0.2, 0) is 24.3 Å². The highest BCUT2D eigenvalue weighted by atomic mass is 32.2. The zero-order valence-electron chi connectivity index (χ0n) is 24.4. The standard InChI is InChI=1S/C26H35N5O6S.C2HF3O2/c1-25(24(34)29-14-26(27)18-9-16-8-17(11-18)12-19(26)10-16)15-30(6-7-37-25)38(35,36)20-2-3-21(28-13-20)31-22(32)4-5-23(31)33;3-2(4,5)1(6)7/h2-5,13,16-19,32-33H,6-12,14-15,27H2,1H3,(H,29,34);(H,6,7)/t16?,17?,18?,19?,25-,26?;/m0./s1. The lowest BCUT2D eigenvalue weighted by Crippen LogP contribution is -2.68. The lowest BCUT2D eigenvalue weighted by atomic mass is 9.49. The number of halogens is 3. The van der Waals surface area contributed by atoms with Crippen molar-refractivity contribution in [2.24, 2.45) is 29.4 Å². The molecule has 1 saturated heterocycles. The van der Waals surface area contributed by atoms with Crippen LogP contribution in [0.3, 0.4) is 0 Å². The first-order valence-corrected chi connectivity index (χ1v) is 16.0. The molecule has 5 fully saturated rings. The number of alkyl halides is 3. The van der Waals surface area contributed by atoms with Crippen LogP contribution < -0.4 is 11.1 Å². The number of nitrogens with zero attached hydrogens (tertiary/aromatic N) is 3. The average Bonchev–Trinajstić information content (AvgIpc) is 3.31. The molecule has 0 unspecified atom stereocenters. The highest BCUT2D eigenvalue weighted by Gasteiger charge is 2.55. The molecule has 13 nitrogen and oxygen atoms in total. The van der Waals surface area contributed by atoms with Crippen molar-refractivity contribution in [2.75, 3.05) is 26.2 Å². The van der Waals surface area contributed by atoms with Gasteiger partial charge in [0.15, 0.2) is 17.4 Å². The maximum Gasteiger partial charge on any atom is 0.490 e. The number of nitrogens with two attached hydrogens (primary N) is 1. The van der Waals surface area contributed by atoms with Crippen molar-refractivity contribution in [1.29, 1.82) is 0 Å². The van der Waals surface area contributed by atoms with Gasteiger partial charge in [0.25, 0.3) is 5.91 Å². The van der Waals surface area contributed by atoms with Crippen LogP contribution in [0.5, 0.6) is 11.8 Å². The zero-order chi connectivity index (χ0) is 32.9. The third-order valence-corrected chi connectivity index (χ3v) is 11.4. The van der Waals surface area contributed by atoms with E-state index in [-0.39, 0.29) is 48.1 Å². The number of amides is 1. The number of morpholine rings is 1. The van der Waals surface area contributed by atoms with Crippen LogP contribution in [-0.4, -0.2) is 93.0 Å². The Morgan fingerprint density at radius 2 is 1.62 bits per heavy atom. The number of ether oxygens (including phenoxy) is 1. The smallest absolute Gasteiger partial charge is 0.490 e. The summed E-state index contributed by atoms with van der Waals surface area (Å²) in [6.45, 7) is 2.01. The van der Waals surface area contributed by atoms with Crippen LogP contribution in [0.4, 0.5) is 13.2 Å². The van der Waals surface area contributed by atoms with E-state index in [2.05, 4.69) is 10.3 Å². The molecule has 1 aliphatic heterocycles. The average molecular weight is 660 g/mol. The van der Waals surface area contributed by atoms with Gasteiger partial charge in [-0.15, -0.1) is 0 Å². The highest BCUT2D eigenvalue weighted by Crippen LogP contribution is 2.57. The highest BCUT2D eigenvalue weighted by molar-refractivity contribution is 7.89. The number of sulfonamides is 1. The van der Waals surface area contributed by atoms with Crippen molar-refractivity contribution >= 4 is 21.9 Å². The Labute approximate surface area is 257 Å². The lowest BCUT2D eigenvalue weighted by Gasteiger charge is -2.60. The minimum atomic E-state index is -5.08. The number of hydrogen-bond acceptors (Lipinski definition) is 9. The number of nitrogens with one attached hydrogen (secondary N) is 1. The second-order valence-electron chi connectivity index (χ2n) is 12.6. The van der Waals surface area contributed by atoms with E-state index in [1.807, 2.05) is 0 Å². The number of carboxylic acid groups (broad SMARTS) is 1. The monoisotopic (exact) mass is 659 g/mol. The van der Waals surface area contributed by atoms with E-state index in [9.17, 15) is 36.6 Å². The summed E-state index contributed by atoms with van der Waals surface area (Å²) in [5.41, 5.74) is 5.17. The van der Waals surface area contributed by atoms with Crippen molar-refractivity contribution in [3.05, 3.63) is 30.5 Å². The molecular formula is C28H36F3N5O8S. The fraction of sp³-hybridized carbons (Fsp3) is 0.607. The number of aromatic hydroxyl groups is 2. The topological polar surface area (TPSA) is 197 Å². The fourth-order valence-corrected chi connectivity index (χ4v) is 8.86. The molecule has 2 aromatic rings. The van der Waals surface area contributed by atoms with E-state index in [0.29, 0.717) is 18.4 Å². The number of aromatic nitrogens is 2. The van der Waals surface area contributed by atoms with Gasteiger partial charge in [0.1, 0.15) is 10.7 Å². The molecule has 4 bridgehead atoms. The molecule has 0 aromatic carbocycles. The third kappa shape index (κ3) is 6.35. The third-order valence-electron chi connectivity index (χ3n) is 9.60. The summed E-state index contributed by atoms with van der Waals surface area (Å²) < 4.78 is 66.7. The van der Waals surface area contributed by atoms with Gasteiger partial charge >= 0.3 is 12.1 Å². The van der Waals surface area contributed by atoms with E-state index in [1.165, 1.54) is 41.2 Å². The molecular weight excluding hydrogens is 623 g/mol. The molecule has 5 aliphatic rings. The summed E-state index contributed by atoms with van der Waals surface area (Å²) in [7, 11) is -3.98. The predicted molar refractivity (Wildman–Crippen MR) is 151 cm³/mol. The van der Waals surface area contributed by atoms with Crippen LogP contribution in [0.2, 0.25) is 0 Å². The first kappa shape index (κ1) is 33.0. The Morgan fingerprint density at radius 1 is 1.07 bits per heavy atom. The Kier molecular flexibility index (Phi) is 8.61. The molecule has 4 saturated carbocycles. The van der Waals surface area contributed by atoms with Crippen LogP contribution in [0.25, 0.3) is 5.82 Å². The molecule has 1 atom stereocenters. The second kappa shape index (κ2) is 11.7. The van der Waals surface area contributed by atoms with Crippen molar-refractivity contribution in [3.8, 4) is 17.6 Å². The summed E-state index contributed by atoms with van der Waals surface area (Å²) in [5, 5.41) is 30.0. The number of pyridine rings is 1. The van der Waals surface area contributed by atoms with Gasteiger partial charge in [-0.3, -0.25) is 4.79 Å². The van der Waals surface area contributed by atoms with E-state index in [0.717, 1.165) is 42.1 Å². The summed E-state index contributed by atoms with van der Waals surface area (Å²) in [5.74, 6) is -1.03. The summed E-state index contributed by atoms with van der Waals surface area (Å²) >= 11 is 0. The Hall–Kier alpha value is -3.41. The van der Waals surface area contributed by atoms with Crippen LogP contribution in [0.1, 0.15) is 39.0 Å². The molecule has 0 radical (unpaired) electrons. The largest absolute Gasteiger partial charge is 0.494 e.